The van der Waals surface area contributed by atoms with Gasteiger partial charge in [-0.1, -0.05) is 82.7 Å². The molecular formula is C25H20BrNO4. The average molecular weight is 478 g/mol. The molecule has 6 heteroatoms. The fourth-order valence-corrected chi connectivity index (χ4v) is 4.20. The maximum atomic E-state index is 12.2. The summed E-state index contributed by atoms with van der Waals surface area (Å²) in [7, 11) is 0. The van der Waals surface area contributed by atoms with E-state index in [2.05, 4.69) is 45.5 Å². The van der Waals surface area contributed by atoms with Gasteiger partial charge >= 0.3 is 12.1 Å². The van der Waals surface area contributed by atoms with Gasteiger partial charge in [-0.15, -0.1) is 0 Å². The van der Waals surface area contributed by atoms with Gasteiger partial charge in [0.05, 0.1) is 5.56 Å². The Kier molecular flexibility index (Phi) is 6.18. The van der Waals surface area contributed by atoms with Crippen LogP contribution in [0.3, 0.4) is 0 Å². The highest BCUT2D eigenvalue weighted by Gasteiger charge is 2.28. The second-order valence-electron chi connectivity index (χ2n) is 7.15. The Morgan fingerprint density at radius 1 is 1.00 bits per heavy atom. The quantitative estimate of drug-likeness (QED) is 0.477. The number of alkyl carbamates (subject to hydrolysis) is 1. The third-order valence-electron chi connectivity index (χ3n) is 5.25. The van der Waals surface area contributed by atoms with E-state index in [0.29, 0.717) is 10.0 Å². The Labute approximate surface area is 188 Å². The Morgan fingerprint density at radius 2 is 1.65 bits per heavy atom. The summed E-state index contributed by atoms with van der Waals surface area (Å²) in [6.07, 6.45) is 2.84. The number of nitrogens with one attached hydrogen (secondary N) is 1. The summed E-state index contributed by atoms with van der Waals surface area (Å²) in [5.74, 6) is -1.000. The summed E-state index contributed by atoms with van der Waals surface area (Å²) in [5.41, 5.74) is 5.43. The molecule has 0 fully saturated rings. The van der Waals surface area contributed by atoms with Gasteiger partial charge in [-0.25, -0.2) is 9.59 Å². The van der Waals surface area contributed by atoms with E-state index in [0.717, 1.165) is 11.1 Å². The van der Waals surface area contributed by atoms with Crippen LogP contribution in [0.4, 0.5) is 4.79 Å². The number of carboxylic acid groups (broad SMARTS) is 1. The summed E-state index contributed by atoms with van der Waals surface area (Å²) < 4.78 is 6.18. The third kappa shape index (κ3) is 4.54. The standard InChI is InChI=1S/C25H20BrNO4/c26-17-12-11-16(22(14-17)24(28)29)6-5-13-27-25(30)31-15-23-20-9-3-1-7-18(20)19-8-2-4-10-21(19)23/h1-12,14,23H,13,15H2,(H,27,30)(H,28,29). The van der Waals surface area contributed by atoms with Gasteiger partial charge in [0, 0.05) is 16.9 Å². The highest BCUT2D eigenvalue weighted by molar-refractivity contribution is 9.10. The largest absolute Gasteiger partial charge is 0.478 e. The van der Waals surface area contributed by atoms with Crippen molar-refractivity contribution in [2.24, 2.45) is 0 Å². The Bertz CT molecular complexity index is 1130. The van der Waals surface area contributed by atoms with Crippen molar-refractivity contribution in [1.82, 2.24) is 5.32 Å². The van der Waals surface area contributed by atoms with Gasteiger partial charge in [0.2, 0.25) is 0 Å². The monoisotopic (exact) mass is 477 g/mol. The minimum Gasteiger partial charge on any atom is -0.478 e. The topological polar surface area (TPSA) is 75.6 Å². The van der Waals surface area contributed by atoms with Gasteiger partial charge < -0.3 is 15.2 Å². The maximum Gasteiger partial charge on any atom is 0.407 e. The zero-order valence-corrected chi connectivity index (χ0v) is 18.1. The van der Waals surface area contributed by atoms with E-state index in [9.17, 15) is 14.7 Å². The number of rotatable bonds is 6. The molecule has 1 amide bonds. The molecule has 0 unspecified atom stereocenters. The molecule has 3 aromatic rings. The molecule has 0 spiro atoms. The Balaban J connectivity index is 1.35. The Morgan fingerprint density at radius 3 is 2.29 bits per heavy atom. The molecule has 0 radical (unpaired) electrons. The van der Waals surface area contributed by atoms with Gasteiger partial charge in [0.1, 0.15) is 6.61 Å². The van der Waals surface area contributed by atoms with Gasteiger partial charge in [-0.2, -0.15) is 0 Å². The number of carbonyl (C=O) groups excluding carboxylic acids is 1. The highest BCUT2D eigenvalue weighted by atomic mass is 79.9. The number of amides is 1. The number of halogens is 1. The van der Waals surface area contributed by atoms with Crippen LogP contribution in [0.2, 0.25) is 0 Å². The number of carbonyl (C=O) groups is 2. The van der Waals surface area contributed by atoms with E-state index < -0.39 is 12.1 Å². The van der Waals surface area contributed by atoms with Crippen molar-refractivity contribution in [2.45, 2.75) is 5.92 Å². The zero-order valence-electron chi connectivity index (χ0n) is 16.5. The third-order valence-corrected chi connectivity index (χ3v) is 5.74. The lowest BCUT2D eigenvalue weighted by molar-refractivity contribution is 0.0696. The molecule has 31 heavy (non-hydrogen) atoms. The fourth-order valence-electron chi connectivity index (χ4n) is 3.84. The first kappa shape index (κ1) is 20.9. The number of benzene rings is 3. The van der Waals surface area contributed by atoms with Crippen LogP contribution in [-0.2, 0) is 4.74 Å². The molecule has 1 aliphatic carbocycles. The number of fused-ring (bicyclic) bond motifs is 3. The van der Waals surface area contributed by atoms with Crippen LogP contribution in [0.25, 0.3) is 17.2 Å². The van der Waals surface area contributed by atoms with Crippen molar-refractivity contribution in [3.05, 3.63) is 99.5 Å². The van der Waals surface area contributed by atoms with Crippen molar-refractivity contribution in [2.75, 3.05) is 13.2 Å². The number of aromatic carboxylic acids is 1. The molecule has 156 valence electrons. The molecule has 0 aliphatic heterocycles. The van der Waals surface area contributed by atoms with Gasteiger partial charge in [-0.3, -0.25) is 0 Å². The Hall–Kier alpha value is -3.38. The van der Waals surface area contributed by atoms with E-state index in [1.807, 2.05) is 24.3 Å². The van der Waals surface area contributed by atoms with Crippen molar-refractivity contribution in [3.63, 3.8) is 0 Å². The predicted octanol–water partition coefficient (Wildman–Crippen LogP) is 5.70. The first-order valence-corrected chi connectivity index (χ1v) is 10.6. The zero-order chi connectivity index (χ0) is 21.8. The summed E-state index contributed by atoms with van der Waals surface area (Å²) in [6.45, 7) is 0.477. The van der Waals surface area contributed by atoms with Crippen LogP contribution in [0, 0.1) is 0 Å². The van der Waals surface area contributed by atoms with Crippen LogP contribution >= 0.6 is 15.9 Å². The molecule has 0 atom stereocenters. The molecule has 3 aromatic carbocycles. The molecule has 0 heterocycles. The van der Waals surface area contributed by atoms with Crippen molar-refractivity contribution in [1.29, 1.82) is 0 Å². The SMILES string of the molecule is O=C(NCC=Cc1ccc(Br)cc1C(=O)O)OCC1c2ccccc2-c2ccccc21. The van der Waals surface area contributed by atoms with E-state index in [4.69, 9.17) is 4.74 Å². The van der Waals surface area contributed by atoms with Crippen LogP contribution in [-0.4, -0.2) is 30.3 Å². The van der Waals surface area contributed by atoms with E-state index in [1.54, 1.807) is 30.4 Å². The minimum absolute atomic E-state index is 0.00887. The lowest BCUT2D eigenvalue weighted by Gasteiger charge is -2.14. The maximum absolute atomic E-state index is 12.2. The molecule has 0 aromatic heterocycles. The summed E-state index contributed by atoms with van der Waals surface area (Å²) in [4.78, 5) is 23.5. The second kappa shape index (κ2) is 9.18. The van der Waals surface area contributed by atoms with E-state index >= 15 is 0 Å². The molecule has 5 nitrogen and oxygen atoms in total. The number of carboxylic acids is 1. The lowest BCUT2D eigenvalue weighted by atomic mass is 9.98. The molecule has 0 saturated carbocycles. The summed E-state index contributed by atoms with van der Waals surface area (Å²) >= 11 is 3.27. The first-order chi connectivity index (χ1) is 15.0. The summed E-state index contributed by atoms with van der Waals surface area (Å²) in [5, 5.41) is 12.0. The van der Waals surface area contributed by atoms with Gasteiger partial charge in [0.25, 0.3) is 0 Å². The first-order valence-electron chi connectivity index (χ1n) is 9.83. The molecule has 2 N–H and O–H groups in total. The van der Waals surface area contributed by atoms with Crippen LogP contribution < -0.4 is 5.32 Å². The van der Waals surface area contributed by atoms with E-state index in [1.165, 1.54) is 11.1 Å². The normalized spacial score (nSPS) is 12.4. The second-order valence-corrected chi connectivity index (χ2v) is 8.06. The average Bonchev–Trinajstić information content (AvgIpc) is 3.10. The number of hydrogen-bond acceptors (Lipinski definition) is 3. The fraction of sp³-hybridized carbons (Fsp3) is 0.120. The van der Waals surface area contributed by atoms with Gasteiger partial charge in [-0.05, 0) is 39.9 Å². The highest BCUT2D eigenvalue weighted by Crippen LogP contribution is 2.44. The molecule has 0 bridgehead atoms. The van der Waals surface area contributed by atoms with E-state index in [-0.39, 0.29) is 24.6 Å². The van der Waals surface area contributed by atoms with Crippen molar-refractivity contribution < 1.29 is 19.4 Å². The molecule has 4 rings (SSSR count). The predicted molar refractivity (Wildman–Crippen MR) is 123 cm³/mol. The van der Waals surface area contributed by atoms with Crippen LogP contribution in [0.1, 0.15) is 33.0 Å². The molecule has 0 saturated heterocycles. The van der Waals surface area contributed by atoms with Gasteiger partial charge in [0.15, 0.2) is 0 Å². The lowest BCUT2D eigenvalue weighted by Crippen LogP contribution is -2.26. The minimum atomic E-state index is -1.01. The number of hydrogen-bond donors (Lipinski definition) is 2. The summed E-state index contributed by atoms with van der Waals surface area (Å²) in [6, 6.07) is 21.4. The smallest absolute Gasteiger partial charge is 0.407 e. The molecule has 1 aliphatic rings. The van der Waals surface area contributed by atoms with Crippen molar-refractivity contribution >= 4 is 34.1 Å². The number of ether oxygens (including phenoxy) is 1. The van der Waals surface area contributed by atoms with Crippen LogP contribution in [0.5, 0.6) is 0 Å². The van der Waals surface area contributed by atoms with Crippen molar-refractivity contribution in [3.8, 4) is 11.1 Å². The molecular weight excluding hydrogens is 458 g/mol. The van der Waals surface area contributed by atoms with Crippen LogP contribution in [0.15, 0.2) is 77.3 Å².